The topological polar surface area (TPSA) is 52.7 Å². The Labute approximate surface area is 290 Å². The largest absolute Gasteiger partial charge is 0.328 e. The molecule has 1 aliphatic rings. The van der Waals surface area contributed by atoms with E-state index >= 15 is 0 Å². The van der Waals surface area contributed by atoms with Gasteiger partial charge in [0, 0.05) is 36.2 Å². The number of nitrogens with zero attached hydrogens (tertiary/aromatic N) is 4. The number of benzene rings is 6. The summed E-state index contributed by atoms with van der Waals surface area (Å²) in [4.78, 5) is 23.1. The second-order valence-electron chi connectivity index (χ2n) is 13.3. The fraction of sp³-hybridized carbons (Fsp3) is 0.0889. The van der Waals surface area contributed by atoms with E-state index < -0.39 is 0 Å². The van der Waals surface area contributed by atoms with Crippen molar-refractivity contribution < 1.29 is 0 Å². The van der Waals surface area contributed by atoms with Crippen LogP contribution in [-0.2, 0) is 19.5 Å². The van der Waals surface area contributed by atoms with Crippen molar-refractivity contribution in [1.29, 1.82) is 0 Å². The molecule has 5 nitrogen and oxygen atoms in total. The number of aromatic nitrogens is 4. The van der Waals surface area contributed by atoms with Crippen LogP contribution in [0.2, 0.25) is 0 Å². The summed E-state index contributed by atoms with van der Waals surface area (Å²) in [5.74, 6) is 0.699. The Morgan fingerprint density at radius 1 is 0.500 bits per heavy atom. The summed E-state index contributed by atoms with van der Waals surface area (Å²) in [6.45, 7) is 2.33. The molecule has 9 rings (SSSR count). The predicted molar refractivity (Wildman–Crippen MR) is 203 cm³/mol. The molecule has 8 aromatic rings. The molecule has 0 radical (unpaired) electrons. The van der Waals surface area contributed by atoms with E-state index in [0.717, 1.165) is 50.2 Å². The van der Waals surface area contributed by atoms with Gasteiger partial charge in [0.15, 0.2) is 5.82 Å². The smallest absolute Gasteiger partial charge is 0.295 e. The van der Waals surface area contributed by atoms with Gasteiger partial charge >= 0.3 is 5.69 Å². The maximum absolute atomic E-state index is 12.5. The molecule has 0 aliphatic heterocycles. The van der Waals surface area contributed by atoms with Crippen LogP contribution in [0.1, 0.15) is 23.6 Å². The molecule has 1 aliphatic carbocycles. The van der Waals surface area contributed by atoms with Crippen molar-refractivity contribution in [2.75, 3.05) is 0 Å². The van der Waals surface area contributed by atoms with Gasteiger partial charge in [0.05, 0.1) is 22.4 Å². The van der Waals surface area contributed by atoms with Crippen LogP contribution in [-0.4, -0.2) is 19.1 Å². The van der Waals surface area contributed by atoms with E-state index in [2.05, 4.69) is 134 Å². The Hall–Kier alpha value is -6.33. The summed E-state index contributed by atoms with van der Waals surface area (Å²) < 4.78 is 3.38. The molecule has 2 aromatic heterocycles. The quantitative estimate of drug-likeness (QED) is 0.187. The maximum Gasteiger partial charge on any atom is 0.328 e. The molecule has 240 valence electrons. The van der Waals surface area contributed by atoms with Gasteiger partial charge in [-0.15, -0.1) is 0 Å². The zero-order valence-corrected chi connectivity index (χ0v) is 28.1. The highest BCUT2D eigenvalue weighted by Gasteiger charge is 2.41. The van der Waals surface area contributed by atoms with E-state index in [9.17, 15) is 4.79 Å². The number of hydrogen-bond acceptors (Lipinski definition) is 3. The lowest BCUT2D eigenvalue weighted by atomic mass is 9.74. The van der Waals surface area contributed by atoms with Crippen molar-refractivity contribution in [2.24, 2.45) is 14.1 Å². The molecule has 0 saturated carbocycles. The highest BCUT2D eigenvalue weighted by Crippen LogP contribution is 2.54. The highest BCUT2D eigenvalue weighted by molar-refractivity contribution is 5.93. The molecule has 2 heterocycles. The van der Waals surface area contributed by atoms with Crippen LogP contribution < -0.4 is 5.69 Å². The molecular weight excluding hydrogens is 613 g/mol. The van der Waals surface area contributed by atoms with Crippen molar-refractivity contribution >= 4 is 11.0 Å². The van der Waals surface area contributed by atoms with Crippen LogP contribution in [0.5, 0.6) is 0 Å². The second kappa shape index (κ2) is 11.4. The molecule has 1 unspecified atom stereocenters. The maximum atomic E-state index is 12.5. The summed E-state index contributed by atoms with van der Waals surface area (Å²) in [6, 6.07) is 53.2. The van der Waals surface area contributed by atoms with Gasteiger partial charge in [-0.1, -0.05) is 133 Å². The predicted octanol–water partition coefficient (Wildman–Crippen LogP) is 9.67. The number of aryl methyl sites for hydroxylation is 2. The first kappa shape index (κ1) is 29.8. The van der Waals surface area contributed by atoms with Crippen LogP contribution in [0.15, 0.2) is 156 Å². The Morgan fingerprint density at radius 2 is 1.06 bits per heavy atom. The molecule has 6 aromatic carbocycles. The van der Waals surface area contributed by atoms with Crippen molar-refractivity contribution in [3.63, 3.8) is 0 Å². The summed E-state index contributed by atoms with van der Waals surface area (Å²) in [6.07, 6.45) is 0. The van der Waals surface area contributed by atoms with Gasteiger partial charge in [0.25, 0.3) is 0 Å². The fourth-order valence-corrected chi connectivity index (χ4v) is 7.80. The molecule has 5 heteroatoms. The van der Waals surface area contributed by atoms with Gasteiger partial charge in [-0.2, -0.15) is 0 Å². The van der Waals surface area contributed by atoms with Crippen molar-refractivity contribution in [3.8, 4) is 56.2 Å². The minimum absolute atomic E-state index is 0.0291. The van der Waals surface area contributed by atoms with E-state index in [1.807, 2.05) is 38.4 Å². The molecule has 0 fully saturated rings. The third kappa shape index (κ3) is 4.51. The number of fused-ring (bicyclic) bond motifs is 4. The number of hydrogen-bond donors (Lipinski definition) is 0. The second-order valence-corrected chi connectivity index (χ2v) is 13.3. The lowest BCUT2D eigenvalue weighted by molar-refractivity contribution is 0.714. The van der Waals surface area contributed by atoms with Gasteiger partial charge in [-0.05, 0) is 64.1 Å². The molecule has 0 bridgehead atoms. The van der Waals surface area contributed by atoms with Gasteiger partial charge in [0.2, 0.25) is 0 Å². The minimum Gasteiger partial charge on any atom is -0.295 e. The number of imidazole rings is 1. The van der Waals surface area contributed by atoms with Crippen molar-refractivity contribution in [2.45, 2.75) is 12.3 Å². The average Bonchev–Trinajstić information content (AvgIpc) is 3.58. The summed E-state index contributed by atoms with van der Waals surface area (Å²) in [7, 11) is 3.63. The van der Waals surface area contributed by atoms with Gasteiger partial charge in [0.1, 0.15) is 0 Å². The van der Waals surface area contributed by atoms with Crippen LogP contribution in [0.4, 0.5) is 0 Å². The molecular formula is C45H34N4O. The number of rotatable bonds is 5. The molecule has 0 N–H and O–H groups in total. The Kier molecular flexibility index (Phi) is 6.78. The lowest BCUT2D eigenvalue weighted by Gasteiger charge is -2.28. The lowest BCUT2D eigenvalue weighted by Crippen LogP contribution is -2.22. The van der Waals surface area contributed by atoms with E-state index in [4.69, 9.17) is 9.97 Å². The first-order valence-corrected chi connectivity index (χ1v) is 16.9. The van der Waals surface area contributed by atoms with Crippen molar-refractivity contribution in [3.05, 3.63) is 179 Å². The van der Waals surface area contributed by atoms with Crippen LogP contribution >= 0.6 is 0 Å². The summed E-state index contributed by atoms with van der Waals surface area (Å²) >= 11 is 0. The fourth-order valence-electron chi connectivity index (χ4n) is 7.80. The standard InChI is InChI=1S/C45H34N4O/c1-45(33-15-8-5-9-16-33)36-19-11-10-17-34(36)42-35(18-12-20-37(42)45)43-46-38(30-13-6-4-7-14-30)28-39(47-43)31-23-21-29(22-24-31)32-25-26-40-41(27-32)49(3)44(50)48(40)2/h4-28H,1-3H3. The third-order valence-corrected chi connectivity index (χ3v) is 10.5. The van der Waals surface area contributed by atoms with E-state index in [0.29, 0.717) is 5.82 Å². The molecule has 0 saturated heterocycles. The molecule has 0 amide bonds. The van der Waals surface area contributed by atoms with E-state index in [-0.39, 0.29) is 11.1 Å². The monoisotopic (exact) mass is 646 g/mol. The third-order valence-electron chi connectivity index (χ3n) is 10.5. The normalized spacial score (nSPS) is 14.9. The minimum atomic E-state index is -0.312. The summed E-state index contributed by atoms with van der Waals surface area (Å²) in [5, 5.41) is 0. The molecule has 50 heavy (non-hydrogen) atoms. The highest BCUT2D eigenvalue weighted by atomic mass is 16.1. The Morgan fingerprint density at radius 3 is 1.80 bits per heavy atom. The molecule has 1 atom stereocenters. The van der Waals surface area contributed by atoms with E-state index in [1.54, 1.807) is 9.13 Å². The van der Waals surface area contributed by atoms with Crippen LogP contribution in [0, 0.1) is 0 Å². The van der Waals surface area contributed by atoms with Crippen molar-refractivity contribution in [1.82, 2.24) is 19.1 Å². The average molecular weight is 647 g/mol. The van der Waals surface area contributed by atoms with Gasteiger partial charge in [-0.3, -0.25) is 9.13 Å². The van der Waals surface area contributed by atoms with Gasteiger partial charge < -0.3 is 0 Å². The summed E-state index contributed by atoms with van der Waals surface area (Å²) in [5.41, 5.74) is 14.6. The Bertz CT molecular complexity index is 2640. The zero-order valence-electron chi connectivity index (χ0n) is 28.1. The SMILES string of the molecule is Cn1c(=O)n(C)c2cc(-c3ccc(-c4cc(-c5ccccc5)nc(-c5cccc6c5-c5ccccc5C6(C)c5ccccc5)n4)cc3)ccc21. The first-order valence-electron chi connectivity index (χ1n) is 16.9. The first-order chi connectivity index (χ1) is 24.4. The Balaban J connectivity index is 1.20. The zero-order chi connectivity index (χ0) is 34.0. The van der Waals surface area contributed by atoms with Crippen LogP contribution in [0.3, 0.4) is 0 Å². The molecule has 0 spiro atoms. The van der Waals surface area contributed by atoms with Crippen LogP contribution in [0.25, 0.3) is 67.2 Å². The van der Waals surface area contributed by atoms with Gasteiger partial charge in [-0.25, -0.2) is 14.8 Å². The van der Waals surface area contributed by atoms with E-state index in [1.165, 1.54) is 27.8 Å².